The van der Waals surface area contributed by atoms with E-state index in [9.17, 15) is 0 Å². The fourth-order valence-corrected chi connectivity index (χ4v) is 2.16. The van der Waals surface area contributed by atoms with Crippen LogP contribution in [0.15, 0.2) is 12.1 Å². The van der Waals surface area contributed by atoms with Crippen molar-refractivity contribution in [3.05, 3.63) is 22.3 Å². The topological polar surface area (TPSA) is 41.9 Å². The summed E-state index contributed by atoms with van der Waals surface area (Å²) in [6.45, 7) is 2.05. The van der Waals surface area contributed by atoms with Crippen LogP contribution in [0.1, 0.15) is 4.88 Å². The van der Waals surface area contributed by atoms with Crippen LogP contribution >= 0.6 is 22.9 Å². The Hall–Kier alpha value is -1.20. The Morgan fingerprint density at radius 2 is 1.94 bits per heavy atom. The summed E-state index contributed by atoms with van der Waals surface area (Å²) < 4.78 is 0. The molecule has 2 rings (SSSR count). The van der Waals surface area contributed by atoms with E-state index in [0.29, 0.717) is 11.8 Å². The molecule has 0 radical (unpaired) electrons. The molecule has 2 aromatic rings. The first-order chi connectivity index (χ1) is 7.56. The number of aryl methyl sites for hydroxylation is 1. The van der Waals surface area contributed by atoms with Crippen LogP contribution in [0.2, 0.25) is 5.28 Å². The van der Waals surface area contributed by atoms with Crippen LogP contribution in [0.5, 0.6) is 0 Å². The predicted octanol–water partition coefficient (Wildman–Crippen LogP) is 2.63. The zero-order chi connectivity index (χ0) is 11.7. The molecule has 0 aromatic carbocycles. The van der Waals surface area contributed by atoms with Crippen LogP contribution in [0.4, 0.5) is 5.95 Å². The molecule has 2 heterocycles. The van der Waals surface area contributed by atoms with E-state index in [1.165, 1.54) is 4.88 Å². The molecule has 0 atom stereocenters. The second-order valence-corrected chi connectivity index (χ2v) is 5.16. The predicted molar refractivity (Wildman–Crippen MR) is 67.2 cm³/mol. The van der Waals surface area contributed by atoms with Crippen molar-refractivity contribution >= 4 is 28.9 Å². The van der Waals surface area contributed by atoms with Crippen molar-refractivity contribution < 1.29 is 0 Å². The van der Waals surface area contributed by atoms with Crippen LogP contribution in [-0.2, 0) is 0 Å². The quantitative estimate of drug-likeness (QED) is 0.826. The molecule has 16 heavy (non-hydrogen) atoms. The maximum Gasteiger partial charge on any atom is 0.229 e. The molecule has 0 bridgehead atoms. The summed E-state index contributed by atoms with van der Waals surface area (Å²) in [5, 5.41) is 0.222. The van der Waals surface area contributed by atoms with Crippen LogP contribution in [-0.4, -0.2) is 29.0 Å². The summed E-state index contributed by atoms with van der Waals surface area (Å²) >= 11 is 7.51. The van der Waals surface area contributed by atoms with Gasteiger partial charge in [-0.3, -0.25) is 0 Å². The van der Waals surface area contributed by atoms with E-state index in [1.807, 2.05) is 33.2 Å². The second kappa shape index (κ2) is 4.35. The molecule has 0 saturated carbocycles. The van der Waals surface area contributed by atoms with E-state index in [0.717, 1.165) is 4.88 Å². The standard InChI is InChI=1S/C10H11ClN4S/c1-6-4-5-7(16-6)8-12-9(11)14-10(13-8)15(2)3/h4-5H,1-3H3. The minimum absolute atomic E-state index is 0.222. The average molecular weight is 255 g/mol. The minimum atomic E-state index is 0.222. The molecule has 0 saturated heterocycles. The summed E-state index contributed by atoms with van der Waals surface area (Å²) in [4.78, 5) is 16.5. The Morgan fingerprint density at radius 1 is 1.19 bits per heavy atom. The Labute approximate surface area is 103 Å². The molecule has 0 spiro atoms. The van der Waals surface area contributed by atoms with E-state index in [2.05, 4.69) is 15.0 Å². The SMILES string of the molecule is Cc1ccc(-c2nc(Cl)nc(N(C)C)n2)s1. The summed E-state index contributed by atoms with van der Waals surface area (Å²) in [6.07, 6.45) is 0. The van der Waals surface area contributed by atoms with Crippen molar-refractivity contribution in [3.63, 3.8) is 0 Å². The summed E-state index contributed by atoms with van der Waals surface area (Å²) in [5.74, 6) is 1.20. The zero-order valence-corrected chi connectivity index (χ0v) is 10.8. The fraction of sp³-hybridized carbons (Fsp3) is 0.300. The van der Waals surface area contributed by atoms with Crippen molar-refractivity contribution in [2.75, 3.05) is 19.0 Å². The molecular weight excluding hydrogens is 244 g/mol. The zero-order valence-electron chi connectivity index (χ0n) is 9.23. The van der Waals surface area contributed by atoms with Gasteiger partial charge < -0.3 is 4.90 Å². The van der Waals surface area contributed by atoms with Gasteiger partial charge in [0, 0.05) is 19.0 Å². The maximum atomic E-state index is 5.87. The number of rotatable bonds is 2. The highest BCUT2D eigenvalue weighted by atomic mass is 35.5. The Bertz CT molecular complexity index is 509. The van der Waals surface area contributed by atoms with Crippen LogP contribution in [0, 0.1) is 6.92 Å². The average Bonchev–Trinajstić information content (AvgIpc) is 2.64. The molecule has 0 aliphatic heterocycles. The first kappa shape index (κ1) is 11.3. The number of anilines is 1. The highest BCUT2D eigenvalue weighted by Crippen LogP contribution is 2.26. The molecule has 0 aliphatic rings. The smallest absolute Gasteiger partial charge is 0.229 e. The largest absolute Gasteiger partial charge is 0.347 e. The third-order valence-electron chi connectivity index (χ3n) is 1.96. The molecule has 0 fully saturated rings. The Balaban J connectivity index is 2.49. The van der Waals surface area contributed by atoms with Crippen molar-refractivity contribution in [2.45, 2.75) is 6.92 Å². The summed E-state index contributed by atoms with van der Waals surface area (Å²) in [6, 6.07) is 4.03. The van der Waals surface area contributed by atoms with Gasteiger partial charge in [0.2, 0.25) is 11.2 Å². The fourth-order valence-electron chi connectivity index (χ4n) is 1.20. The molecule has 0 aliphatic carbocycles. The monoisotopic (exact) mass is 254 g/mol. The third-order valence-corrected chi connectivity index (χ3v) is 3.12. The number of thiophene rings is 1. The molecule has 0 N–H and O–H groups in total. The number of hydrogen-bond donors (Lipinski definition) is 0. The van der Waals surface area contributed by atoms with Gasteiger partial charge in [0.15, 0.2) is 5.82 Å². The summed E-state index contributed by atoms with van der Waals surface area (Å²) in [5.41, 5.74) is 0. The molecule has 84 valence electrons. The molecule has 0 amide bonds. The van der Waals surface area contributed by atoms with E-state index in [4.69, 9.17) is 11.6 Å². The van der Waals surface area contributed by atoms with Gasteiger partial charge in [-0.2, -0.15) is 15.0 Å². The lowest BCUT2D eigenvalue weighted by atomic mass is 10.4. The molecule has 2 aromatic heterocycles. The van der Waals surface area contributed by atoms with E-state index in [-0.39, 0.29) is 5.28 Å². The van der Waals surface area contributed by atoms with Gasteiger partial charge in [-0.25, -0.2) is 0 Å². The van der Waals surface area contributed by atoms with Crippen molar-refractivity contribution in [1.29, 1.82) is 0 Å². The number of halogens is 1. The van der Waals surface area contributed by atoms with Crippen molar-refractivity contribution in [2.24, 2.45) is 0 Å². The molecule has 0 unspecified atom stereocenters. The second-order valence-electron chi connectivity index (χ2n) is 3.53. The molecule has 4 nitrogen and oxygen atoms in total. The Kier molecular flexibility index (Phi) is 3.07. The van der Waals surface area contributed by atoms with Gasteiger partial charge >= 0.3 is 0 Å². The van der Waals surface area contributed by atoms with Gasteiger partial charge in [-0.15, -0.1) is 11.3 Å². The van der Waals surface area contributed by atoms with Gasteiger partial charge in [-0.05, 0) is 30.7 Å². The normalized spacial score (nSPS) is 10.5. The van der Waals surface area contributed by atoms with Crippen molar-refractivity contribution in [1.82, 2.24) is 15.0 Å². The first-order valence-electron chi connectivity index (χ1n) is 4.72. The number of nitrogens with zero attached hydrogens (tertiary/aromatic N) is 4. The number of hydrogen-bond acceptors (Lipinski definition) is 5. The maximum absolute atomic E-state index is 5.87. The molecule has 6 heteroatoms. The van der Waals surface area contributed by atoms with Gasteiger partial charge in [0.1, 0.15) is 0 Å². The van der Waals surface area contributed by atoms with Crippen LogP contribution < -0.4 is 4.90 Å². The van der Waals surface area contributed by atoms with Gasteiger partial charge in [-0.1, -0.05) is 0 Å². The third kappa shape index (κ3) is 2.31. The lowest BCUT2D eigenvalue weighted by Gasteiger charge is -2.10. The van der Waals surface area contributed by atoms with Crippen molar-refractivity contribution in [3.8, 4) is 10.7 Å². The van der Waals surface area contributed by atoms with E-state index >= 15 is 0 Å². The first-order valence-corrected chi connectivity index (χ1v) is 5.91. The minimum Gasteiger partial charge on any atom is -0.347 e. The van der Waals surface area contributed by atoms with Gasteiger partial charge in [0.25, 0.3) is 0 Å². The lowest BCUT2D eigenvalue weighted by Crippen LogP contribution is -2.13. The van der Waals surface area contributed by atoms with E-state index in [1.54, 1.807) is 16.2 Å². The number of aromatic nitrogens is 3. The highest BCUT2D eigenvalue weighted by molar-refractivity contribution is 7.15. The Morgan fingerprint density at radius 3 is 2.50 bits per heavy atom. The lowest BCUT2D eigenvalue weighted by molar-refractivity contribution is 0.964. The van der Waals surface area contributed by atoms with Crippen LogP contribution in [0.3, 0.4) is 0 Å². The highest BCUT2D eigenvalue weighted by Gasteiger charge is 2.09. The van der Waals surface area contributed by atoms with Gasteiger partial charge in [0.05, 0.1) is 4.88 Å². The van der Waals surface area contributed by atoms with Crippen LogP contribution in [0.25, 0.3) is 10.7 Å². The van der Waals surface area contributed by atoms with E-state index < -0.39 is 0 Å². The molecular formula is C10H11ClN4S. The summed E-state index contributed by atoms with van der Waals surface area (Å²) in [7, 11) is 3.74.